The predicted molar refractivity (Wildman–Crippen MR) is 82.3 cm³/mol. The van der Waals surface area contributed by atoms with E-state index < -0.39 is 0 Å². The van der Waals surface area contributed by atoms with Gasteiger partial charge in [-0.2, -0.15) is 0 Å². The smallest absolute Gasteiger partial charge is 0.309 e. The molecule has 0 aliphatic heterocycles. The SMILES string of the molecule is COC(=O)Cc1cccc(Oc2ccc(O)cc2C2CC2)c1. The highest BCUT2D eigenvalue weighted by Crippen LogP contribution is 2.46. The van der Waals surface area contributed by atoms with Crippen molar-refractivity contribution >= 4 is 5.97 Å². The molecule has 0 bridgehead atoms. The number of rotatable bonds is 5. The number of phenols is 1. The van der Waals surface area contributed by atoms with Crippen LogP contribution < -0.4 is 4.74 Å². The summed E-state index contributed by atoms with van der Waals surface area (Å²) in [5.74, 6) is 1.89. The van der Waals surface area contributed by atoms with Crippen LogP contribution in [0.3, 0.4) is 0 Å². The first-order valence-corrected chi connectivity index (χ1v) is 7.32. The van der Waals surface area contributed by atoms with E-state index in [2.05, 4.69) is 4.74 Å². The lowest BCUT2D eigenvalue weighted by Crippen LogP contribution is -2.04. The van der Waals surface area contributed by atoms with Crippen LogP contribution in [0, 0.1) is 0 Å². The summed E-state index contributed by atoms with van der Waals surface area (Å²) in [5.41, 5.74) is 1.88. The molecule has 2 aromatic carbocycles. The Morgan fingerprint density at radius 3 is 2.77 bits per heavy atom. The van der Waals surface area contributed by atoms with Crippen LogP contribution in [0.4, 0.5) is 0 Å². The maximum atomic E-state index is 11.3. The summed E-state index contributed by atoms with van der Waals surface area (Å²) in [6.45, 7) is 0. The molecule has 3 rings (SSSR count). The van der Waals surface area contributed by atoms with Gasteiger partial charge in [-0.25, -0.2) is 0 Å². The Morgan fingerprint density at radius 2 is 2.05 bits per heavy atom. The molecule has 0 aromatic heterocycles. The van der Waals surface area contributed by atoms with Crippen molar-refractivity contribution in [3.8, 4) is 17.2 Å². The molecule has 1 N–H and O–H groups in total. The number of hydrogen-bond acceptors (Lipinski definition) is 4. The molecule has 1 fully saturated rings. The highest BCUT2D eigenvalue weighted by atomic mass is 16.5. The molecule has 4 heteroatoms. The summed E-state index contributed by atoms with van der Waals surface area (Å²) in [4.78, 5) is 11.3. The zero-order valence-corrected chi connectivity index (χ0v) is 12.4. The van der Waals surface area contributed by atoms with Crippen LogP contribution in [0.15, 0.2) is 42.5 Å². The van der Waals surface area contributed by atoms with Gasteiger partial charge >= 0.3 is 5.97 Å². The zero-order valence-electron chi connectivity index (χ0n) is 12.4. The molecule has 1 aliphatic carbocycles. The van der Waals surface area contributed by atoms with Gasteiger partial charge in [0.25, 0.3) is 0 Å². The van der Waals surface area contributed by atoms with Gasteiger partial charge in [0.1, 0.15) is 17.2 Å². The lowest BCUT2D eigenvalue weighted by Gasteiger charge is -2.12. The van der Waals surface area contributed by atoms with E-state index in [0.29, 0.717) is 11.7 Å². The van der Waals surface area contributed by atoms with Crippen LogP contribution in [0.2, 0.25) is 0 Å². The molecular weight excluding hydrogens is 280 g/mol. The number of phenolic OH excluding ortho intramolecular Hbond substituents is 1. The molecule has 0 unspecified atom stereocenters. The summed E-state index contributed by atoms with van der Waals surface area (Å²) >= 11 is 0. The van der Waals surface area contributed by atoms with Crippen LogP contribution in [0.25, 0.3) is 0 Å². The number of benzene rings is 2. The first kappa shape index (κ1) is 14.4. The molecule has 0 saturated heterocycles. The number of ether oxygens (including phenoxy) is 2. The van der Waals surface area contributed by atoms with Crippen molar-refractivity contribution in [3.63, 3.8) is 0 Å². The van der Waals surface area contributed by atoms with E-state index in [1.807, 2.05) is 24.3 Å². The maximum absolute atomic E-state index is 11.3. The number of carbonyl (C=O) groups excluding carboxylic acids is 1. The predicted octanol–water partition coefficient (Wildman–Crippen LogP) is 3.78. The number of carbonyl (C=O) groups is 1. The third kappa shape index (κ3) is 3.39. The number of aromatic hydroxyl groups is 1. The second-order valence-electron chi connectivity index (χ2n) is 5.50. The molecule has 0 heterocycles. The molecule has 4 nitrogen and oxygen atoms in total. The molecule has 1 saturated carbocycles. The van der Waals surface area contributed by atoms with Gasteiger partial charge in [0.2, 0.25) is 0 Å². The topological polar surface area (TPSA) is 55.8 Å². The number of esters is 1. The van der Waals surface area contributed by atoms with E-state index in [4.69, 9.17) is 4.74 Å². The monoisotopic (exact) mass is 298 g/mol. The van der Waals surface area contributed by atoms with Gasteiger partial charge in [0, 0.05) is 5.56 Å². The highest BCUT2D eigenvalue weighted by molar-refractivity contribution is 5.72. The maximum Gasteiger partial charge on any atom is 0.309 e. The molecule has 0 atom stereocenters. The average Bonchev–Trinajstić information content (AvgIpc) is 3.34. The highest BCUT2D eigenvalue weighted by Gasteiger charge is 2.27. The Labute approximate surface area is 129 Å². The number of hydrogen-bond donors (Lipinski definition) is 1. The van der Waals surface area contributed by atoms with Gasteiger partial charge in [-0.05, 0) is 54.7 Å². The Hall–Kier alpha value is -2.49. The first-order valence-electron chi connectivity index (χ1n) is 7.32. The van der Waals surface area contributed by atoms with Crippen LogP contribution in [-0.2, 0) is 16.0 Å². The third-order valence-corrected chi connectivity index (χ3v) is 3.71. The van der Waals surface area contributed by atoms with Crippen molar-refractivity contribution < 1.29 is 19.4 Å². The summed E-state index contributed by atoms with van der Waals surface area (Å²) in [7, 11) is 1.38. The minimum absolute atomic E-state index is 0.221. The summed E-state index contributed by atoms with van der Waals surface area (Å²) in [5, 5.41) is 9.64. The second kappa shape index (κ2) is 6.10. The third-order valence-electron chi connectivity index (χ3n) is 3.71. The largest absolute Gasteiger partial charge is 0.508 e. The molecule has 0 radical (unpaired) electrons. The Bertz CT molecular complexity index is 689. The summed E-state index contributed by atoms with van der Waals surface area (Å²) in [6, 6.07) is 12.6. The normalized spacial score (nSPS) is 13.7. The van der Waals surface area contributed by atoms with Crippen molar-refractivity contribution in [3.05, 3.63) is 53.6 Å². The van der Waals surface area contributed by atoms with Crippen molar-refractivity contribution in [2.45, 2.75) is 25.2 Å². The average molecular weight is 298 g/mol. The van der Waals surface area contributed by atoms with E-state index >= 15 is 0 Å². The van der Waals surface area contributed by atoms with Crippen molar-refractivity contribution in [1.82, 2.24) is 0 Å². The summed E-state index contributed by atoms with van der Waals surface area (Å²) < 4.78 is 10.6. The lowest BCUT2D eigenvalue weighted by atomic mass is 10.1. The van der Waals surface area contributed by atoms with Crippen LogP contribution >= 0.6 is 0 Å². The zero-order chi connectivity index (χ0) is 15.5. The lowest BCUT2D eigenvalue weighted by molar-refractivity contribution is -0.139. The first-order chi connectivity index (χ1) is 10.7. The fraction of sp³-hybridized carbons (Fsp3) is 0.278. The molecule has 114 valence electrons. The van der Waals surface area contributed by atoms with Crippen LogP contribution in [0.1, 0.15) is 29.9 Å². The van der Waals surface area contributed by atoms with E-state index in [-0.39, 0.29) is 18.1 Å². The van der Waals surface area contributed by atoms with Gasteiger partial charge in [-0.3, -0.25) is 4.79 Å². The van der Waals surface area contributed by atoms with E-state index in [9.17, 15) is 9.90 Å². The molecule has 0 spiro atoms. The Balaban J connectivity index is 1.81. The van der Waals surface area contributed by atoms with Gasteiger partial charge in [-0.15, -0.1) is 0 Å². The van der Waals surface area contributed by atoms with Gasteiger partial charge < -0.3 is 14.6 Å². The minimum atomic E-state index is -0.277. The van der Waals surface area contributed by atoms with Gasteiger partial charge in [0.15, 0.2) is 0 Å². The molecular formula is C18H18O4. The van der Waals surface area contributed by atoms with E-state index in [1.165, 1.54) is 7.11 Å². The molecule has 22 heavy (non-hydrogen) atoms. The fourth-order valence-corrected chi connectivity index (χ4v) is 2.43. The Morgan fingerprint density at radius 1 is 1.23 bits per heavy atom. The van der Waals surface area contributed by atoms with E-state index in [0.717, 1.165) is 29.7 Å². The molecule has 1 aliphatic rings. The second-order valence-corrected chi connectivity index (χ2v) is 5.50. The number of methoxy groups -OCH3 is 1. The quantitative estimate of drug-likeness (QED) is 0.854. The molecule has 2 aromatic rings. The van der Waals surface area contributed by atoms with Gasteiger partial charge in [0.05, 0.1) is 13.5 Å². The standard InChI is InChI=1S/C18H18O4/c1-21-18(20)10-12-3-2-4-15(9-12)22-17-8-7-14(19)11-16(17)13-5-6-13/h2-4,7-9,11,13,19H,5-6,10H2,1H3. The van der Waals surface area contributed by atoms with Crippen molar-refractivity contribution in [1.29, 1.82) is 0 Å². The van der Waals surface area contributed by atoms with Crippen LogP contribution in [-0.4, -0.2) is 18.2 Å². The van der Waals surface area contributed by atoms with E-state index in [1.54, 1.807) is 18.2 Å². The summed E-state index contributed by atoms with van der Waals surface area (Å²) in [6.07, 6.45) is 2.48. The van der Waals surface area contributed by atoms with Crippen LogP contribution in [0.5, 0.6) is 17.2 Å². The van der Waals surface area contributed by atoms with Crippen molar-refractivity contribution in [2.75, 3.05) is 7.11 Å². The molecule has 0 amide bonds. The van der Waals surface area contributed by atoms with Gasteiger partial charge in [-0.1, -0.05) is 12.1 Å². The fourth-order valence-electron chi connectivity index (χ4n) is 2.43. The minimum Gasteiger partial charge on any atom is -0.508 e. The Kier molecular flexibility index (Phi) is 4.00. The van der Waals surface area contributed by atoms with Crippen molar-refractivity contribution in [2.24, 2.45) is 0 Å².